The van der Waals surface area contributed by atoms with Crippen molar-refractivity contribution in [1.29, 1.82) is 0 Å². The van der Waals surface area contributed by atoms with E-state index in [0.717, 1.165) is 151 Å². The molecule has 22 rings (SSSR count). The number of aryl methyl sites for hydroxylation is 1. The standard InChI is InChI=1S/C109H73BN4/c1-72-62-95(77-38-15-6-16-39-77)109(96(63-72)85-47-28-45-83(67-85)81-43-26-41-79(65-81)74-32-9-3-10-33-74)114-104-71-88(112-101-56-23-19-50-93(101)94-51-20-24-57-102(94)112)59-61-98(104)110-97-60-58-87(111-99-54-21-17-48-91(99)92-49-18-22-55-100(92)111)70-103(97)113(105-68-86(69-106(114)107(105)110)75-34-11-4-12-35-75)108-89(76-36-13-5-14-37-76)52-29-53-90(108)84-46-27-44-82(66-84)80-42-25-40-78(64-80)73-30-7-2-8-31-73/h2-71H,1H3. The van der Waals surface area contributed by atoms with E-state index in [2.05, 4.69) is 451 Å². The van der Waals surface area contributed by atoms with Crippen LogP contribution in [0.1, 0.15) is 5.56 Å². The summed E-state index contributed by atoms with van der Waals surface area (Å²) in [5.74, 6) is 0. The second-order valence-electron chi connectivity index (χ2n) is 30.3. The Morgan fingerprint density at radius 1 is 0.193 bits per heavy atom. The molecule has 4 heterocycles. The smallest absolute Gasteiger partial charge is 0.252 e. The maximum absolute atomic E-state index is 2.71. The molecular formula is C109H73BN4. The van der Waals surface area contributed by atoms with Crippen LogP contribution in [0.4, 0.5) is 34.1 Å². The van der Waals surface area contributed by atoms with Gasteiger partial charge in [0.1, 0.15) is 0 Å². The lowest BCUT2D eigenvalue weighted by molar-refractivity contribution is 1.17. The van der Waals surface area contributed by atoms with E-state index in [1.165, 1.54) is 60.2 Å². The van der Waals surface area contributed by atoms with Crippen LogP contribution in [-0.2, 0) is 0 Å². The quantitative estimate of drug-likeness (QED) is 0.107. The van der Waals surface area contributed by atoms with Crippen LogP contribution in [-0.4, -0.2) is 15.8 Å². The van der Waals surface area contributed by atoms with Crippen LogP contribution in [0.5, 0.6) is 0 Å². The van der Waals surface area contributed by atoms with Gasteiger partial charge in [0.15, 0.2) is 0 Å². The van der Waals surface area contributed by atoms with E-state index in [1.807, 2.05) is 0 Å². The minimum absolute atomic E-state index is 0.293. The van der Waals surface area contributed by atoms with Gasteiger partial charge in [0, 0.05) is 77.9 Å². The first kappa shape index (κ1) is 66.2. The van der Waals surface area contributed by atoms with Gasteiger partial charge in [0.2, 0.25) is 0 Å². The van der Waals surface area contributed by atoms with E-state index < -0.39 is 0 Å². The Morgan fingerprint density at radius 2 is 0.474 bits per heavy atom. The summed E-state index contributed by atoms with van der Waals surface area (Å²) in [6.45, 7) is 1.98. The van der Waals surface area contributed by atoms with Crippen molar-refractivity contribution in [2.24, 2.45) is 0 Å². The van der Waals surface area contributed by atoms with Crippen molar-refractivity contribution in [3.63, 3.8) is 0 Å². The van der Waals surface area contributed by atoms with Gasteiger partial charge in [-0.2, -0.15) is 0 Å². The number of rotatable bonds is 13. The number of hydrogen-bond acceptors (Lipinski definition) is 2. The molecule has 0 radical (unpaired) electrons. The van der Waals surface area contributed by atoms with Gasteiger partial charge in [0.05, 0.1) is 33.4 Å². The fourth-order valence-electron chi connectivity index (χ4n) is 18.6. The molecule has 0 spiro atoms. The monoisotopic (exact) mass is 1450 g/mol. The number of nitrogens with zero attached hydrogens (tertiary/aromatic N) is 4. The van der Waals surface area contributed by atoms with E-state index in [4.69, 9.17) is 0 Å². The SMILES string of the molecule is Cc1cc(-c2ccccc2)c(N2c3cc(-n4c5ccccc5c5ccccc54)ccc3B3c4ccc(-n5c6ccccc6c6ccccc65)cc4N(c4c(-c5ccccc5)cccc4-c4cccc(-c5cccc(-c6ccccc6)c5)c4)c4cc(-c5ccccc5)cc2c43)c(-c2cccc(-c3cccc(-c4ccccc4)c3)c2)c1. The lowest BCUT2D eigenvalue weighted by Gasteiger charge is -2.46. The molecular weight excluding hydrogens is 1380 g/mol. The van der Waals surface area contributed by atoms with Crippen LogP contribution in [0.25, 0.3) is 155 Å². The number of fused-ring (bicyclic) bond motifs is 10. The molecule has 0 aliphatic carbocycles. The lowest BCUT2D eigenvalue weighted by atomic mass is 9.33. The van der Waals surface area contributed by atoms with Crippen molar-refractivity contribution in [2.75, 3.05) is 9.80 Å². The Hall–Kier alpha value is -14.8. The molecule has 5 heteroatoms. The van der Waals surface area contributed by atoms with E-state index >= 15 is 0 Å². The minimum Gasteiger partial charge on any atom is -0.310 e. The third-order valence-corrected chi connectivity index (χ3v) is 23.7. The van der Waals surface area contributed by atoms with Gasteiger partial charge in [-0.3, -0.25) is 0 Å². The molecule has 4 nitrogen and oxygen atoms in total. The molecule has 0 fully saturated rings. The number of para-hydroxylation sites is 5. The van der Waals surface area contributed by atoms with Crippen LogP contribution in [0, 0.1) is 6.92 Å². The minimum atomic E-state index is -0.293. The first-order chi connectivity index (χ1) is 56.5. The van der Waals surface area contributed by atoms with Gasteiger partial charge in [-0.15, -0.1) is 0 Å². The van der Waals surface area contributed by atoms with Crippen LogP contribution < -0.4 is 26.2 Å². The van der Waals surface area contributed by atoms with Crippen molar-refractivity contribution >= 4 is 101 Å². The van der Waals surface area contributed by atoms with E-state index in [1.54, 1.807) is 0 Å². The van der Waals surface area contributed by atoms with E-state index in [9.17, 15) is 0 Å². The molecule has 2 aliphatic heterocycles. The average molecular weight is 1450 g/mol. The van der Waals surface area contributed by atoms with Gasteiger partial charge < -0.3 is 18.9 Å². The number of aromatic nitrogens is 2. The molecule has 2 aromatic heterocycles. The number of anilines is 6. The highest BCUT2D eigenvalue weighted by molar-refractivity contribution is 7.00. The summed E-state index contributed by atoms with van der Waals surface area (Å²) in [6.07, 6.45) is 0. The van der Waals surface area contributed by atoms with Crippen LogP contribution in [0.2, 0.25) is 0 Å². The van der Waals surface area contributed by atoms with Gasteiger partial charge in [0.25, 0.3) is 6.71 Å². The lowest BCUT2D eigenvalue weighted by Crippen LogP contribution is -2.61. The summed E-state index contributed by atoms with van der Waals surface area (Å²) in [5.41, 5.74) is 38.5. The molecule has 0 N–H and O–H groups in total. The Morgan fingerprint density at radius 3 is 0.877 bits per heavy atom. The zero-order chi connectivity index (χ0) is 75.3. The molecule has 532 valence electrons. The summed E-state index contributed by atoms with van der Waals surface area (Å²) in [5, 5.41) is 4.86. The van der Waals surface area contributed by atoms with Gasteiger partial charge in [-0.25, -0.2) is 0 Å². The van der Waals surface area contributed by atoms with E-state index in [0.29, 0.717) is 0 Å². The first-order valence-electron chi connectivity index (χ1n) is 39.5. The molecule has 0 saturated heterocycles. The largest absolute Gasteiger partial charge is 0.310 e. The first-order valence-corrected chi connectivity index (χ1v) is 39.5. The fraction of sp³-hybridized carbons (Fsp3) is 0.00917. The van der Waals surface area contributed by atoms with Crippen LogP contribution in [0.15, 0.2) is 425 Å². The highest BCUT2D eigenvalue weighted by atomic mass is 15.2. The topological polar surface area (TPSA) is 16.3 Å². The predicted octanol–water partition coefficient (Wildman–Crippen LogP) is 27.3. The second-order valence-corrected chi connectivity index (χ2v) is 30.3. The summed E-state index contributed by atoms with van der Waals surface area (Å²) in [6, 6.07) is 159. The molecule has 2 aliphatic rings. The summed E-state index contributed by atoms with van der Waals surface area (Å²) < 4.78 is 4.99. The highest BCUT2D eigenvalue weighted by Crippen LogP contribution is 2.55. The Balaban J connectivity index is 0.876. The zero-order valence-corrected chi connectivity index (χ0v) is 62.8. The van der Waals surface area contributed by atoms with Crippen molar-refractivity contribution in [3.8, 4) is 112 Å². The highest BCUT2D eigenvalue weighted by Gasteiger charge is 2.46. The average Bonchev–Trinajstić information content (AvgIpc) is 0.725. The summed E-state index contributed by atoms with van der Waals surface area (Å²) >= 11 is 0. The van der Waals surface area contributed by atoms with Gasteiger partial charge in [-0.05, 0) is 204 Å². The Labute approximate surface area is 664 Å². The van der Waals surface area contributed by atoms with Crippen molar-refractivity contribution in [2.45, 2.75) is 6.92 Å². The van der Waals surface area contributed by atoms with Gasteiger partial charge >= 0.3 is 0 Å². The van der Waals surface area contributed by atoms with Crippen molar-refractivity contribution < 1.29 is 0 Å². The van der Waals surface area contributed by atoms with E-state index in [-0.39, 0.29) is 6.71 Å². The van der Waals surface area contributed by atoms with Gasteiger partial charge in [-0.1, -0.05) is 328 Å². The molecule has 0 bridgehead atoms. The molecule has 0 amide bonds. The molecule has 114 heavy (non-hydrogen) atoms. The Bertz CT molecular complexity index is 7080. The fourth-order valence-corrected chi connectivity index (χ4v) is 18.6. The van der Waals surface area contributed by atoms with Crippen LogP contribution in [0.3, 0.4) is 0 Å². The predicted molar refractivity (Wildman–Crippen MR) is 483 cm³/mol. The van der Waals surface area contributed by atoms with Crippen molar-refractivity contribution in [3.05, 3.63) is 430 Å². The molecule has 0 unspecified atom stereocenters. The molecule has 0 saturated carbocycles. The normalized spacial score (nSPS) is 12.2. The second kappa shape index (κ2) is 27.4. The molecule has 18 aromatic carbocycles. The maximum atomic E-state index is 2.71. The maximum Gasteiger partial charge on any atom is 0.252 e. The van der Waals surface area contributed by atoms with Crippen LogP contribution >= 0.6 is 0 Å². The molecule has 0 atom stereocenters. The molecule has 20 aromatic rings. The van der Waals surface area contributed by atoms with Crippen molar-refractivity contribution in [1.82, 2.24) is 9.13 Å². The Kier molecular flexibility index (Phi) is 15.9. The number of benzene rings is 18. The number of hydrogen-bond donors (Lipinski definition) is 0. The summed E-state index contributed by atoms with van der Waals surface area (Å²) in [7, 11) is 0. The summed E-state index contributed by atoms with van der Waals surface area (Å²) in [4.78, 5) is 5.41. The third-order valence-electron chi connectivity index (χ3n) is 23.7. The third kappa shape index (κ3) is 11.1. The zero-order valence-electron chi connectivity index (χ0n) is 62.8.